The largest absolute Gasteiger partial charge is 0.396 e. The molecular formula is C20H21N3O3. The minimum atomic E-state index is -0.406. The normalized spacial score (nSPS) is 12.1. The van der Waals surface area contributed by atoms with Crippen molar-refractivity contribution >= 4 is 22.3 Å². The zero-order valence-corrected chi connectivity index (χ0v) is 14.6. The Labute approximate surface area is 151 Å². The number of para-hydroxylation sites is 1. The van der Waals surface area contributed by atoms with Crippen molar-refractivity contribution < 1.29 is 10.0 Å². The van der Waals surface area contributed by atoms with Crippen LogP contribution in [0.25, 0.3) is 10.9 Å². The van der Waals surface area contributed by atoms with Crippen molar-refractivity contribution in [2.45, 2.75) is 19.3 Å². The first-order chi connectivity index (χ1) is 12.6. The maximum absolute atomic E-state index is 11.3. The summed E-state index contributed by atoms with van der Waals surface area (Å²) in [6.07, 6.45) is 0.638. The average Bonchev–Trinajstić information content (AvgIpc) is 2.65. The number of nitrogens with zero attached hydrogens (tertiary/aromatic N) is 2. The van der Waals surface area contributed by atoms with E-state index in [4.69, 9.17) is 0 Å². The Kier molecular flexibility index (Phi) is 5.43. The predicted octanol–water partition coefficient (Wildman–Crippen LogP) is 4.03. The monoisotopic (exact) mass is 351 g/mol. The first-order valence-corrected chi connectivity index (χ1v) is 8.54. The van der Waals surface area contributed by atoms with E-state index in [9.17, 15) is 15.2 Å². The Morgan fingerprint density at radius 2 is 1.96 bits per heavy atom. The van der Waals surface area contributed by atoms with Crippen LogP contribution < -0.4 is 5.32 Å². The summed E-state index contributed by atoms with van der Waals surface area (Å²) in [6, 6.07) is 16.9. The van der Waals surface area contributed by atoms with E-state index in [0.29, 0.717) is 24.2 Å². The van der Waals surface area contributed by atoms with E-state index in [-0.39, 0.29) is 18.2 Å². The quantitative estimate of drug-likeness (QED) is 0.495. The molecular weight excluding hydrogens is 330 g/mol. The zero-order valence-electron chi connectivity index (χ0n) is 14.6. The first kappa shape index (κ1) is 17.8. The van der Waals surface area contributed by atoms with Crippen LogP contribution in [0, 0.1) is 17.0 Å². The lowest BCUT2D eigenvalue weighted by Crippen LogP contribution is -2.14. The van der Waals surface area contributed by atoms with E-state index < -0.39 is 4.92 Å². The number of nitro benzene ring substituents is 1. The second-order valence-electron chi connectivity index (χ2n) is 6.24. The molecule has 0 radical (unpaired) electrons. The molecule has 1 aromatic heterocycles. The molecule has 0 saturated heterocycles. The molecule has 3 aromatic rings. The Balaban J connectivity index is 1.93. The smallest absolute Gasteiger partial charge is 0.295 e. The van der Waals surface area contributed by atoms with Gasteiger partial charge in [-0.1, -0.05) is 42.5 Å². The molecule has 0 amide bonds. The fraction of sp³-hybridized carbons (Fsp3) is 0.250. The molecule has 0 aliphatic carbocycles. The second-order valence-corrected chi connectivity index (χ2v) is 6.24. The summed E-state index contributed by atoms with van der Waals surface area (Å²) in [5.74, 6) is 0.142. The predicted molar refractivity (Wildman–Crippen MR) is 103 cm³/mol. The standard InChI is InChI=1S/C20H21N3O3/c1-14-12-18(17-8-5-9-19(23(25)26)20(17)22-14)21-13-16(10-11-24)15-6-3-2-4-7-15/h2-9,12,16,24H,10-11,13H2,1H3,(H,21,22). The number of aliphatic hydroxyl groups is 1. The molecule has 0 spiro atoms. The summed E-state index contributed by atoms with van der Waals surface area (Å²) in [5, 5.41) is 24.8. The van der Waals surface area contributed by atoms with Crippen molar-refractivity contribution in [3.05, 3.63) is 76.0 Å². The molecule has 1 heterocycles. The molecule has 0 aliphatic heterocycles. The number of aryl methyl sites for hydroxylation is 1. The van der Waals surface area contributed by atoms with Crippen LogP contribution in [-0.2, 0) is 0 Å². The lowest BCUT2D eigenvalue weighted by atomic mass is 9.96. The van der Waals surface area contributed by atoms with E-state index in [0.717, 1.165) is 16.6 Å². The number of hydrogen-bond donors (Lipinski definition) is 2. The first-order valence-electron chi connectivity index (χ1n) is 8.54. The molecule has 0 bridgehead atoms. The van der Waals surface area contributed by atoms with Crippen molar-refractivity contribution in [1.29, 1.82) is 0 Å². The number of benzene rings is 2. The van der Waals surface area contributed by atoms with Crippen LogP contribution in [0.1, 0.15) is 23.6 Å². The number of non-ortho nitro benzene ring substituents is 1. The van der Waals surface area contributed by atoms with Crippen molar-refractivity contribution in [2.75, 3.05) is 18.5 Å². The van der Waals surface area contributed by atoms with Gasteiger partial charge in [-0.2, -0.15) is 0 Å². The summed E-state index contributed by atoms with van der Waals surface area (Å²) < 4.78 is 0. The summed E-state index contributed by atoms with van der Waals surface area (Å²) in [6.45, 7) is 2.54. The number of rotatable bonds is 7. The van der Waals surface area contributed by atoms with E-state index in [1.807, 2.05) is 49.4 Å². The molecule has 0 aliphatic rings. The van der Waals surface area contributed by atoms with Gasteiger partial charge >= 0.3 is 0 Å². The fourth-order valence-electron chi connectivity index (χ4n) is 3.16. The maximum atomic E-state index is 11.3. The van der Waals surface area contributed by atoms with Gasteiger partial charge in [-0.05, 0) is 25.0 Å². The van der Waals surface area contributed by atoms with E-state index in [2.05, 4.69) is 10.3 Å². The van der Waals surface area contributed by atoms with Crippen LogP contribution in [0.5, 0.6) is 0 Å². The lowest BCUT2D eigenvalue weighted by Gasteiger charge is -2.19. The van der Waals surface area contributed by atoms with Gasteiger partial charge in [0.1, 0.15) is 0 Å². The van der Waals surface area contributed by atoms with Crippen LogP contribution in [0.15, 0.2) is 54.6 Å². The SMILES string of the molecule is Cc1cc(NCC(CCO)c2ccccc2)c2cccc([N+](=O)[O-])c2n1. The van der Waals surface area contributed by atoms with E-state index >= 15 is 0 Å². The van der Waals surface area contributed by atoms with Gasteiger partial charge in [0.25, 0.3) is 5.69 Å². The highest BCUT2D eigenvalue weighted by molar-refractivity contribution is 5.96. The Bertz CT molecular complexity index is 913. The number of hydrogen-bond acceptors (Lipinski definition) is 5. The lowest BCUT2D eigenvalue weighted by molar-refractivity contribution is -0.383. The van der Waals surface area contributed by atoms with Crippen molar-refractivity contribution in [2.24, 2.45) is 0 Å². The number of anilines is 1. The summed E-state index contributed by atoms with van der Waals surface area (Å²) in [5.41, 5.74) is 3.07. The Morgan fingerprint density at radius 3 is 2.65 bits per heavy atom. The van der Waals surface area contributed by atoms with Gasteiger partial charge < -0.3 is 10.4 Å². The molecule has 2 N–H and O–H groups in total. The highest BCUT2D eigenvalue weighted by atomic mass is 16.6. The molecule has 3 rings (SSSR count). The second kappa shape index (κ2) is 7.93. The van der Waals surface area contributed by atoms with E-state index in [1.54, 1.807) is 6.07 Å². The number of nitro groups is 1. The molecule has 26 heavy (non-hydrogen) atoms. The molecule has 6 heteroatoms. The molecule has 1 atom stereocenters. The summed E-state index contributed by atoms with van der Waals surface area (Å²) >= 11 is 0. The average molecular weight is 351 g/mol. The summed E-state index contributed by atoms with van der Waals surface area (Å²) in [7, 11) is 0. The topological polar surface area (TPSA) is 88.3 Å². The Hall–Kier alpha value is -2.99. The maximum Gasteiger partial charge on any atom is 0.295 e. The number of nitrogens with one attached hydrogen (secondary N) is 1. The highest BCUT2D eigenvalue weighted by Crippen LogP contribution is 2.30. The number of fused-ring (bicyclic) bond motifs is 1. The van der Waals surface area contributed by atoms with Gasteiger partial charge in [0.05, 0.1) is 4.92 Å². The Morgan fingerprint density at radius 1 is 1.19 bits per heavy atom. The van der Waals surface area contributed by atoms with Crippen LogP contribution in [0.2, 0.25) is 0 Å². The van der Waals surface area contributed by atoms with Crippen molar-refractivity contribution in [3.8, 4) is 0 Å². The third-order valence-corrected chi connectivity index (χ3v) is 4.43. The van der Waals surface area contributed by atoms with Crippen molar-refractivity contribution in [1.82, 2.24) is 4.98 Å². The van der Waals surface area contributed by atoms with Gasteiger partial charge in [-0.25, -0.2) is 4.98 Å². The van der Waals surface area contributed by atoms with E-state index in [1.165, 1.54) is 6.07 Å². The van der Waals surface area contributed by atoms with Gasteiger partial charge in [-0.15, -0.1) is 0 Å². The minimum Gasteiger partial charge on any atom is -0.396 e. The minimum absolute atomic E-state index is 0.00391. The van der Waals surface area contributed by atoms with Gasteiger partial charge in [0, 0.05) is 41.9 Å². The zero-order chi connectivity index (χ0) is 18.5. The van der Waals surface area contributed by atoms with Crippen LogP contribution in [0.3, 0.4) is 0 Å². The molecule has 0 fully saturated rings. The number of pyridine rings is 1. The molecule has 134 valence electrons. The molecule has 6 nitrogen and oxygen atoms in total. The van der Waals surface area contributed by atoms with Crippen LogP contribution in [0.4, 0.5) is 11.4 Å². The molecule has 0 saturated carbocycles. The third kappa shape index (κ3) is 3.81. The number of aromatic nitrogens is 1. The molecule has 2 aromatic carbocycles. The highest BCUT2D eigenvalue weighted by Gasteiger charge is 2.17. The summed E-state index contributed by atoms with van der Waals surface area (Å²) in [4.78, 5) is 15.2. The fourth-order valence-corrected chi connectivity index (χ4v) is 3.16. The van der Waals surface area contributed by atoms with Gasteiger partial charge in [-0.3, -0.25) is 10.1 Å². The number of aliphatic hydroxyl groups excluding tert-OH is 1. The van der Waals surface area contributed by atoms with Crippen molar-refractivity contribution in [3.63, 3.8) is 0 Å². The van der Waals surface area contributed by atoms with Gasteiger partial charge in [0.15, 0.2) is 5.52 Å². The van der Waals surface area contributed by atoms with Crippen LogP contribution in [-0.4, -0.2) is 28.2 Å². The van der Waals surface area contributed by atoms with Crippen LogP contribution >= 0.6 is 0 Å². The molecule has 1 unspecified atom stereocenters. The third-order valence-electron chi connectivity index (χ3n) is 4.43. The van der Waals surface area contributed by atoms with Gasteiger partial charge in [0.2, 0.25) is 0 Å².